The molecule has 2 aromatic rings. The van der Waals surface area contributed by atoms with Gasteiger partial charge in [0.2, 0.25) is 6.79 Å². The summed E-state index contributed by atoms with van der Waals surface area (Å²) in [6.45, 7) is 5.71. The van der Waals surface area contributed by atoms with Crippen molar-refractivity contribution in [1.29, 1.82) is 0 Å². The van der Waals surface area contributed by atoms with Crippen LogP contribution in [0.3, 0.4) is 0 Å². The number of nitrogens with one attached hydrogen (secondary N) is 1. The number of hydrogen-bond acceptors (Lipinski definition) is 5. The maximum Gasteiger partial charge on any atom is 0.325 e. The van der Waals surface area contributed by atoms with Crippen LogP contribution in [-0.2, 0) is 4.79 Å². The number of urea groups is 1. The molecule has 1 saturated heterocycles. The minimum absolute atomic E-state index is 0.0591. The monoisotopic (exact) mass is 437 g/mol. The predicted molar refractivity (Wildman–Crippen MR) is 116 cm³/mol. The first-order valence-corrected chi connectivity index (χ1v) is 11.1. The number of fused-ring (bicyclic) bond motifs is 1. The van der Waals surface area contributed by atoms with E-state index in [1.165, 1.54) is 0 Å². The van der Waals surface area contributed by atoms with Crippen LogP contribution in [0.2, 0.25) is 0 Å². The zero-order chi connectivity index (χ0) is 22.6. The first-order chi connectivity index (χ1) is 15.3. The van der Waals surface area contributed by atoms with Gasteiger partial charge in [0.05, 0.1) is 6.54 Å². The van der Waals surface area contributed by atoms with Crippen molar-refractivity contribution >= 4 is 17.7 Å². The summed E-state index contributed by atoms with van der Waals surface area (Å²) in [5.41, 5.74) is 2.11. The zero-order valence-electron chi connectivity index (χ0n) is 18.6. The van der Waals surface area contributed by atoms with Gasteiger partial charge in [-0.3, -0.25) is 14.5 Å². The summed E-state index contributed by atoms with van der Waals surface area (Å²) in [4.78, 5) is 40.2. The van der Waals surface area contributed by atoms with Gasteiger partial charge < -0.3 is 19.4 Å². The van der Waals surface area contributed by atoms with Crippen molar-refractivity contribution in [2.75, 3.05) is 13.3 Å². The van der Waals surface area contributed by atoms with Gasteiger partial charge in [-0.2, -0.15) is 0 Å². The van der Waals surface area contributed by atoms with Crippen molar-refractivity contribution in [3.8, 4) is 17.2 Å². The normalized spacial score (nSPS) is 24.3. The third-order valence-electron chi connectivity index (χ3n) is 7.15. The second-order valence-electron chi connectivity index (χ2n) is 9.02. The lowest BCUT2D eigenvalue weighted by Gasteiger charge is -2.36. The van der Waals surface area contributed by atoms with Crippen LogP contribution >= 0.6 is 0 Å². The molecule has 1 aromatic heterocycles. The average molecular weight is 437 g/mol. The van der Waals surface area contributed by atoms with E-state index in [9.17, 15) is 14.4 Å². The van der Waals surface area contributed by atoms with E-state index in [-0.39, 0.29) is 30.9 Å². The molecule has 3 amide bonds. The maximum absolute atomic E-state index is 13.2. The zero-order valence-corrected chi connectivity index (χ0v) is 18.6. The highest BCUT2D eigenvalue weighted by Gasteiger charge is 2.55. The lowest BCUT2D eigenvalue weighted by molar-refractivity contribution is -0.133. The van der Waals surface area contributed by atoms with E-state index >= 15 is 0 Å². The Morgan fingerprint density at radius 2 is 1.94 bits per heavy atom. The highest BCUT2D eigenvalue weighted by molar-refractivity contribution is 6.11. The third-order valence-corrected chi connectivity index (χ3v) is 7.15. The van der Waals surface area contributed by atoms with Crippen molar-refractivity contribution in [2.45, 2.75) is 52.0 Å². The van der Waals surface area contributed by atoms with Crippen molar-refractivity contribution in [3.05, 3.63) is 41.2 Å². The smallest absolute Gasteiger partial charge is 0.325 e. The van der Waals surface area contributed by atoms with Crippen LogP contribution in [0.4, 0.5) is 4.79 Å². The Hall–Kier alpha value is -3.29. The third kappa shape index (κ3) is 3.00. The average Bonchev–Trinajstić information content (AvgIpc) is 3.41. The molecule has 1 aliphatic carbocycles. The van der Waals surface area contributed by atoms with Gasteiger partial charge in [0.1, 0.15) is 5.54 Å². The SMILES string of the molecule is Cc1cc(C(=O)CN2C(=O)N[C@]3(CCCC[C@@H]3C)C2=O)c(C)n1-c1ccc2c(c1)OCO2. The molecule has 2 aliphatic heterocycles. The molecule has 1 spiro atoms. The molecule has 168 valence electrons. The van der Waals surface area contributed by atoms with Crippen LogP contribution < -0.4 is 14.8 Å². The highest BCUT2D eigenvalue weighted by atomic mass is 16.7. The summed E-state index contributed by atoms with van der Waals surface area (Å²) >= 11 is 0. The van der Waals surface area contributed by atoms with Crippen molar-refractivity contribution < 1.29 is 23.9 Å². The predicted octanol–water partition coefficient (Wildman–Crippen LogP) is 3.51. The van der Waals surface area contributed by atoms with E-state index in [2.05, 4.69) is 5.32 Å². The van der Waals surface area contributed by atoms with E-state index in [0.717, 1.165) is 41.2 Å². The van der Waals surface area contributed by atoms with Gasteiger partial charge in [0.15, 0.2) is 17.3 Å². The standard InChI is InChI=1S/C24H27N3O5/c1-14-6-4-5-9-24(14)22(29)26(23(30)25-24)12-19(28)18-10-15(2)27(16(18)3)17-7-8-20-21(11-17)32-13-31-20/h7-8,10-11,14H,4-6,9,12-13H2,1-3H3,(H,25,30)/t14-,24-/m0/s1. The van der Waals surface area contributed by atoms with E-state index < -0.39 is 11.6 Å². The molecule has 1 saturated carbocycles. The first kappa shape index (κ1) is 20.6. The highest BCUT2D eigenvalue weighted by Crippen LogP contribution is 2.38. The molecule has 0 bridgehead atoms. The van der Waals surface area contributed by atoms with Gasteiger partial charge in [-0.05, 0) is 50.8 Å². The Morgan fingerprint density at radius 1 is 1.16 bits per heavy atom. The number of ketones is 1. The number of imide groups is 1. The minimum Gasteiger partial charge on any atom is -0.454 e. The number of nitrogens with zero attached hydrogens (tertiary/aromatic N) is 2. The number of amides is 3. The summed E-state index contributed by atoms with van der Waals surface area (Å²) in [5.74, 6) is 0.886. The molecule has 3 heterocycles. The van der Waals surface area contributed by atoms with Crippen LogP contribution in [0.1, 0.15) is 54.4 Å². The minimum atomic E-state index is -0.862. The summed E-state index contributed by atoms with van der Waals surface area (Å²) < 4.78 is 12.8. The molecule has 0 radical (unpaired) electrons. The molecule has 1 aromatic carbocycles. The van der Waals surface area contributed by atoms with E-state index in [4.69, 9.17) is 9.47 Å². The van der Waals surface area contributed by atoms with Gasteiger partial charge >= 0.3 is 6.03 Å². The first-order valence-electron chi connectivity index (χ1n) is 11.1. The molecule has 3 aliphatic rings. The number of Topliss-reactive ketones (excluding diaryl/α,β-unsaturated/α-hetero) is 1. The Labute approximate surface area is 186 Å². The number of aryl methyl sites for hydroxylation is 1. The second-order valence-corrected chi connectivity index (χ2v) is 9.02. The molecular formula is C24H27N3O5. The number of rotatable bonds is 4. The summed E-state index contributed by atoms with van der Waals surface area (Å²) in [6, 6.07) is 6.97. The Bertz CT molecular complexity index is 1140. The lowest BCUT2D eigenvalue weighted by Crippen LogP contribution is -2.54. The van der Waals surface area contributed by atoms with Crippen molar-refractivity contribution in [2.24, 2.45) is 5.92 Å². The number of carbonyl (C=O) groups excluding carboxylic acids is 3. The van der Waals surface area contributed by atoms with E-state index in [1.807, 2.05) is 43.5 Å². The van der Waals surface area contributed by atoms with Gasteiger partial charge in [0, 0.05) is 28.7 Å². The van der Waals surface area contributed by atoms with Crippen LogP contribution in [0.15, 0.2) is 24.3 Å². The topological polar surface area (TPSA) is 89.9 Å². The molecule has 8 heteroatoms. The van der Waals surface area contributed by atoms with E-state index in [0.29, 0.717) is 23.5 Å². The van der Waals surface area contributed by atoms with Gasteiger partial charge in [-0.1, -0.05) is 19.8 Å². The molecule has 2 atom stereocenters. The quantitative estimate of drug-likeness (QED) is 0.584. The number of carbonyl (C=O) groups is 3. The second kappa shape index (κ2) is 7.39. The van der Waals surface area contributed by atoms with Gasteiger partial charge in [-0.15, -0.1) is 0 Å². The largest absolute Gasteiger partial charge is 0.454 e. The molecule has 0 unspecified atom stereocenters. The van der Waals surface area contributed by atoms with Gasteiger partial charge in [0.25, 0.3) is 5.91 Å². The number of benzene rings is 1. The van der Waals surface area contributed by atoms with Crippen molar-refractivity contribution in [1.82, 2.24) is 14.8 Å². The summed E-state index contributed by atoms with van der Waals surface area (Å²) in [6.07, 6.45) is 3.47. The summed E-state index contributed by atoms with van der Waals surface area (Å²) in [5, 5.41) is 2.91. The Morgan fingerprint density at radius 3 is 2.72 bits per heavy atom. The van der Waals surface area contributed by atoms with Crippen LogP contribution in [0, 0.1) is 19.8 Å². The number of ether oxygens (including phenoxy) is 2. The Balaban J connectivity index is 1.40. The van der Waals surface area contributed by atoms with E-state index in [1.54, 1.807) is 6.07 Å². The van der Waals surface area contributed by atoms with Crippen LogP contribution in [-0.4, -0.2) is 46.1 Å². The lowest BCUT2D eigenvalue weighted by atomic mass is 9.73. The molecule has 5 rings (SSSR count). The number of aromatic nitrogens is 1. The summed E-state index contributed by atoms with van der Waals surface area (Å²) in [7, 11) is 0. The Kier molecular flexibility index (Phi) is 4.76. The van der Waals surface area contributed by atoms with Crippen molar-refractivity contribution in [3.63, 3.8) is 0 Å². The fourth-order valence-electron chi connectivity index (χ4n) is 5.33. The maximum atomic E-state index is 13.2. The van der Waals surface area contributed by atoms with Gasteiger partial charge in [-0.25, -0.2) is 4.79 Å². The van der Waals surface area contributed by atoms with Crippen LogP contribution in [0.25, 0.3) is 5.69 Å². The number of hydrogen-bond donors (Lipinski definition) is 1. The molecular weight excluding hydrogens is 410 g/mol. The van der Waals surface area contributed by atoms with Crippen LogP contribution in [0.5, 0.6) is 11.5 Å². The molecule has 8 nitrogen and oxygen atoms in total. The fourth-order valence-corrected chi connectivity index (χ4v) is 5.33. The fraction of sp³-hybridized carbons (Fsp3) is 0.458. The molecule has 2 fully saturated rings. The molecule has 1 N–H and O–H groups in total. The molecule has 32 heavy (non-hydrogen) atoms.